The molecule has 160 valence electrons. The standard InChI is InChI=1S/C22H23ClF3N3O/c1-14(2)20(21(30)28(3)4)29(13-16-7-5-6-8-19(16)23)17-10-9-15(12-27)18(11-17)22(24,25)26/h5-11,14,20H,13H2,1-4H3/t20-/m0/s1/i3D,4D. The molecule has 1 amide bonds. The number of anilines is 1. The van der Waals surface area contributed by atoms with Crippen molar-refractivity contribution < 1.29 is 20.7 Å². The fraction of sp³-hybridized carbons (Fsp3) is 0.364. The summed E-state index contributed by atoms with van der Waals surface area (Å²) in [6, 6.07) is 10.7. The fourth-order valence-corrected chi connectivity index (χ4v) is 3.36. The van der Waals surface area contributed by atoms with Gasteiger partial charge in [0.15, 0.2) is 0 Å². The van der Waals surface area contributed by atoms with Gasteiger partial charge >= 0.3 is 6.18 Å². The van der Waals surface area contributed by atoms with Gasteiger partial charge in [-0.25, -0.2) is 0 Å². The van der Waals surface area contributed by atoms with Crippen LogP contribution in [0.3, 0.4) is 0 Å². The first-order valence-corrected chi connectivity index (χ1v) is 9.41. The first-order valence-electron chi connectivity index (χ1n) is 10.4. The summed E-state index contributed by atoms with van der Waals surface area (Å²) in [4.78, 5) is 15.7. The SMILES string of the molecule is [2H]CN(C[2H])C(=O)[C@H](C(C)C)N(Cc1ccccc1Cl)c1ccc(C#N)c(C(F)(F)F)c1. The molecule has 8 heteroatoms. The summed E-state index contributed by atoms with van der Waals surface area (Å²) in [6.07, 6.45) is -4.76. The van der Waals surface area contributed by atoms with E-state index in [1.807, 2.05) is 0 Å². The number of nitrogens with zero attached hydrogens (tertiary/aromatic N) is 3. The summed E-state index contributed by atoms with van der Waals surface area (Å²) in [7, 11) is -0.903. The van der Waals surface area contributed by atoms with Gasteiger partial charge in [-0.1, -0.05) is 43.6 Å². The molecule has 0 saturated heterocycles. The number of alkyl halides is 3. The van der Waals surface area contributed by atoms with E-state index in [1.165, 1.54) is 11.0 Å². The van der Waals surface area contributed by atoms with E-state index in [2.05, 4.69) is 0 Å². The lowest BCUT2D eigenvalue weighted by atomic mass is 9.98. The molecule has 0 N–H and O–H groups in total. The quantitative estimate of drug-likeness (QED) is 0.609. The lowest BCUT2D eigenvalue weighted by molar-refractivity contribution is -0.137. The van der Waals surface area contributed by atoms with Crippen LogP contribution in [0.25, 0.3) is 0 Å². The van der Waals surface area contributed by atoms with E-state index < -0.39 is 43.3 Å². The van der Waals surface area contributed by atoms with Crippen molar-refractivity contribution in [2.75, 3.05) is 18.9 Å². The average molecular weight is 440 g/mol. The molecule has 0 fully saturated rings. The van der Waals surface area contributed by atoms with E-state index in [4.69, 9.17) is 19.6 Å². The molecule has 0 spiro atoms. The molecular weight excluding hydrogens is 415 g/mol. The van der Waals surface area contributed by atoms with E-state index in [1.54, 1.807) is 44.2 Å². The minimum absolute atomic E-state index is 0.0152. The minimum atomic E-state index is -4.76. The molecule has 0 heterocycles. The number of amides is 1. The van der Waals surface area contributed by atoms with Crippen molar-refractivity contribution in [3.8, 4) is 6.07 Å². The zero-order chi connectivity index (χ0) is 24.1. The van der Waals surface area contributed by atoms with E-state index in [0.717, 1.165) is 17.0 Å². The molecule has 0 radical (unpaired) electrons. The Morgan fingerprint density at radius 3 is 2.43 bits per heavy atom. The summed E-state index contributed by atoms with van der Waals surface area (Å²) in [5.41, 5.74) is -0.952. The first kappa shape index (κ1) is 20.5. The van der Waals surface area contributed by atoms with Crippen molar-refractivity contribution in [3.05, 3.63) is 64.2 Å². The minimum Gasteiger partial charge on any atom is -0.355 e. The van der Waals surface area contributed by atoms with Gasteiger partial charge in [0.2, 0.25) is 5.91 Å². The van der Waals surface area contributed by atoms with Crippen LogP contribution in [0, 0.1) is 17.2 Å². The summed E-state index contributed by atoms with van der Waals surface area (Å²) < 4.78 is 55.9. The number of likely N-dealkylation sites (N-methyl/N-ethyl adjacent to an activating group) is 1. The van der Waals surface area contributed by atoms with Gasteiger partial charge < -0.3 is 9.80 Å². The van der Waals surface area contributed by atoms with Crippen molar-refractivity contribution in [1.82, 2.24) is 4.90 Å². The van der Waals surface area contributed by atoms with Crippen molar-refractivity contribution in [2.45, 2.75) is 32.6 Å². The number of benzene rings is 2. The largest absolute Gasteiger partial charge is 0.417 e. The van der Waals surface area contributed by atoms with Crippen LogP contribution in [0.1, 0.15) is 33.3 Å². The highest BCUT2D eigenvalue weighted by atomic mass is 35.5. The smallest absolute Gasteiger partial charge is 0.355 e. The van der Waals surface area contributed by atoms with Gasteiger partial charge in [0.05, 0.1) is 17.2 Å². The Morgan fingerprint density at radius 2 is 1.90 bits per heavy atom. The van der Waals surface area contributed by atoms with Gasteiger partial charge in [-0.2, -0.15) is 18.4 Å². The summed E-state index contributed by atoms with van der Waals surface area (Å²) >= 11 is 6.28. The normalized spacial score (nSPS) is 13.3. The van der Waals surface area contributed by atoms with Gasteiger partial charge in [0.25, 0.3) is 0 Å². The van der Waals surface area contributed by atoms with E-state index >= 15 is 0 Å². The second-order valence-electron chi connectivity index (χ2n) is 7.13. The topological polar surface area (TPSA) is 47.3 Å². The second-order valence-corrected chi connectivity index (χ2v) is 7.53. The van der Waals surface area contributed by atoms with Gasteiger partial charge in [-0.05, 0) is 35.7 Å². The highest BCUT2D eigenvalue weighted by molar-refractivity contribution is 6.31. The van der Waals surface area contributed by atoms with E-state index in [9.17, 15) is 18.0 Å². The van der Waals surface area contributed by atoms with Crippen LogP contribution in [0.15, 0.2) is 42.5 Å². The Balaban J connectivity index is 2.69. The molecule has 0 aliphatic rings. The number of hydrogen-bond donors (Lipinski definition) is 0. The van der Waals surface area contributed by atoms with Crippen LogP contribution < -0.4 is 4.90 Å². The van der Waals surface area contributed by atoms with Crippen molar-refractivity contribution in [2.24, 2.45) is 5.92 Å². The molecule has 0 aromatic heterocycles. The third kappa shape index (κ3) is 5.25. The van der Waals surface area contributed by atoms with Gasteiger partial charge in [-0.15, -0.1) is 0 Å². The molecule has 30 heavy (non-hydrogen) atoms. The van der Waals surface area contributed by atoms with Gasteiger partial charge in [-0.3, -0.25) is 4.79 Å². The van der Waals surface area contributed by atoms with Crippen LogP contribution in [0.2, 0.25) is 5.02 Å². The molecule has 0 aliphatic heterocycles. The maximum absolute atomic E-state index is 13.6. The number of halogens is 4. The molecule has 2 rings (SSSR count). The third-order valence-electron chi connectivity index (χ3n) is 4.59. The lowest BCUT2D eigenvalue weighted by Crippen LogP contribution is -2.49. The zero-order valence-electron chi connectivity index (χ0n) is 18.6. The number of carbonyl (C=O) groups excluding carboxylic acids is 1. The third-order valence-corrected chi connectivity index (χ3v) is 4.96. The Kier molecular flexibility index (Phi) is 6.44. The molecule has 1 atom stereocenters. The number of rotatable bonds is 6. The molecule has 0 saturated carbocycles. The average Bonchev–Trinajstić information content (AvgIpc) is 2.74. The summed E-state index contributed by atoms with van der Waals surface area (Å²) in [5, 5.41) is 9.51. The predicted molar refractivity (Wildman–Crippen MR) is 111 cm³/mol. The van der Waals surface area contributed by atoms with Gasteiger partial charge in [0.1, 0.15) is 6.04 Å². The molecule has 2 aromatic rings. The summed E-state index contributed by atoms with van der Waals surface area (Å²) in [5.74, 6) is -0.912. The van der Waals surface area contributed by atoms with Crippen molar-refractivity contribution in [1.29, 1.82) is 5.26 Å². The zero-order valence-corrected chi connectivity index (χ0v) is 17.3. The van der Waals surface area contributed by atoms with Crippen LogP contribution in [-0.4, -0.2) is 30.9 Å². The predicted octanol–water partition coefficient (Wildman–Crippen LogP) is 5.35. The Hall–Kier alpha value is -2.72. The van der Waals surface area contributed by atoms with Crippen LogP contribution in [-0.2, 0) is 17.5 Å². The monoisotopic (exact) mass is 439 g/mol. The van der Waals surface area contributed by atoms with Crippen molar-refractivity contribution >= 4 is 23.2 Å². The number of hydrogen-bond acceptors (Lipinski definition) is 3. The van der Waals surface area contributed by atoms with Crippen molar-refractivity contribution in [3.63, 3.8) is 0 Å². The van der Waals surface area contributed by atoms with E-state index in [-0.39, 0.29) is 18.2 Å². The highest BCUT2D eigenvalue weighted by Crippen LogP contribution is 2.36. The van der Waals surface area contributed by atoms with Gasteiger partial charge in [0, 0.05) is 34.0 Å². The fourth-order valence-electron chi connectivity index (χ4n) is 3.17. The maximum atomic E-state index is 13.6. The Bertz CT molecular complexity index is 991. The first-order chi connectivity index (χ1) is 15.0. The number of nitriles is 1. The van der Waals surface area contributed by atoms with E-state index in [0.29, 0.717) is 10.6 Å². The Labute approximate surface area is 182 Å². The second kappa shape index (κ2) is 9.40. The van der Waals surface area contributed by atoms with Crippen LogP contribution >= 0.6 is 11.6 Å². The van der Waals surface area contributed by atoms with Crippen LogP contribution in [0.5, 0.6) is 0 Å². The molecule has 0 unspecified atom stereocenters. The highest BCUT2D eigenvalue weighted by Gasteiger charge is 2.36. The molecule has 2 aromatic carbocycles. The molecule has 0 aliphatic carbocycles. The van der Waals surface area contributed by atoms with Crippen LogP contribution in [0.4, 0.5) is 18.9 Å². The lowest BCUT2D eigenvalue weighted by Gasteiger charge is -2.37. The maximum Gasteiger partial charge on any atom is 0.417 e. The molecular formula is C22H23ClF3N3O. The Morgan fingerprint density at radius 1 is 1.23 bits per heavy atom. The molecule has 4 nitrogen and oxygen atoms in total. The summed E-state index contributed by atoms with van der Waals surface area (Å²) in [6.45, 7) is 3.49. The molecule has 0 bridgehead atoms. The number of carbonyl (C=O) groups is 1.